The molecule has 2 aromatic rings. The highest BCUT2D eigenvalue weighted by Gasteiger charge is 2.38. The Labute approximate surface area is 144 Å². The number of hydrogen-bond acceptors (Lipinski definition) is 4. The topological polar surface area (TPSA) is 39.6 Å². The van der Waals surface area contributed by atoms with Gasteiger partial charge in [0.15, 0.2) is 0 Å². The van der Waals surface area contributed by atoms with E-state index < -0.39 is 5.60 Å². The number of para-hydroxylation sites is 1. The van der Waals surface area contributed by atoms with Gasteiger partial charge in [-0.05, 0) is 51.4 Å². The molecule has 4 nitrogen and oxygen atoms in total. The number of rotatable bonds is 3. The van der Waals surface area contributed by atoms with Crippen molar-refractivity contribution in [2.45, 2.75) is 38.2 Å². The normalized spacial score (nSPS) is 25.5. The van der Waals surface area contributed by atoms with Gasteiger partial charge in [-0.3, -0.25) is 4.98 Å². The fourth-order valence-electron chi connectivity index (χ4n) is 4.27. The van der Waals surface area contributed by atoms with Gasteiger partial charge >= 0.3 is 0 Å². The largest absolute Gasteiger partial charge is 0.387 e. The first kappa shape index (κ1) is 15.9. The highest BCUT2D eigenvalue weighted by atomic mass is 16.3. The molecule has 1 aromatic heterocycles. The summed E-state index contributed by atoms with van der Waals surface area (Å²) in [7, 11) is 0. The summed E-state index contributed by atoms with van der Waals surface area (Å²) in [5, 5.41) is 12.3. The summed E-state index contributed by atoms with van der Waals surface area (Å²) < 4.78 is 0. The van der Waals surface area contributed by atoms with E-state index in [1.54, 1.807) is 0 Å². The van der Waals surface area contributed by atoms with Crippen LogP contribution in [0.5, 0.6) is 0 Å². The number of pyridine rings is 1. The van der Waals surface area contributed by atoms with Gasteiger partial charge in [-0.25, -0.2) is 0 Å². The lowest BCUT2D eigenvalue weighted by Gasteiger charge is -2.34. The lowest BCUT2D eigenvalue weighted by Crippen LogP contribution is -2.46. The molecule has 0 bridgehead atoms. The first-order valence-corrected chi connectivity index (χ1v) is 9.19. The molecular formula is C20H27N3O. The van der Waals surface area contributed by atoms with Crippen molar-refractivity contribution in [3.63, 3.8) is 0 Å². The number of aliphatic hydroxyl groups is 1. The number of likely N-dealkylation sites (tertiary alicyclic amines) is 1. The van der Waals surface area contributed by atoms with Crippen LogP contribution in [-0.4, -0.2) is 53.3 Å². The van der Waals surface area contributed by atoms with E-state index in [0.717, 1.165) is 50.4 Å². The number of hydrogen-bond donors (Lipinski definition) is 1. The summed E-state index contributed by atoms with van der Waals surface area (Å²) in [6, 6.07) is 10.5. The van der Waals surface area contributed by atoms with Crippen LogP contribution in [0, 0.1) is 6.92 Å². The molecule has 1 N–H and O–H groups in total. The highest BCUT2D eigenvalue weighted by Crippen LogP contribution is 2.33. The summed E-state index contributed by atoms with van der Waals surface area (Å²) in [4.78, 5) is 9.44. The molecule has 0 aliphatic carbocycles. The Morgan fingerprint density at radius 3 is 2.75 bits per heavy atom. The molecule has 2 saturated heterocycles. The smallest absolute Gasteiger partial charge is 0.0964 e. The maximum Gasteiger partial charge on any atom is 0.0964 e. The van der Waals surface area contributed by atoms with Gasteiger partial charge in [-0.1, -0.05) is 24.6 Å². The number of aryl methyl sites for hydroxylation is 1. The lowest BCUT2D eigenvalue weighted by molar-refractivity contribution is 0.0170. The van der Waals surface area contributed by atoms with Crippen LogP contribution in [0.1, 0.15) is 31.4 Å². The highest BCUT2D eigenvalue weighted by molar-refractivity contribution is 5.92. The number of anilines is 1. The fraction of sp³-hybridized carbons (Fsp3) is 0.550. The van der Waals surface area contributed by atoms with Crippen molar-refractivity contribution >= 4 is 16.6 Å². The monoisotopic (exact) mass is 325 g/mol. The molecule has 2 fully saturated rings. The van der Waals surface area contributed by atoms with Gasteiger partial charge in [0.05, 0.1) is 11.1 Å². The van der Waals surface area contributed by atoms with Gasteiger partial charge in [0.2, 0.25) is 0 Å². The van der Waals surface area contributed by atoms with Crippen LogP contribution < -0.4 is 4.90 Å². The zero-order valence-electron chi connectivity index (χ0n) is 14.5. The molecule has 1 atom stereocenters. The molecule has 128 valence electrons. The molecule has 24 heavy (non-hydrogen) atoms. The average molecular weight is 325 g/mol. The third-order valence-corrected chi connectivity index (χ3v) is 5.46. The zero-order chi connectivity index (χ0) is 16.6. The van der Waals surface area contributed by atoms with Crippen LogP contribution in [0.15, 0.2) is 30.3 Å². The van der Waals surface area contributed by atoms with Crippen molar-refractivity contribution in [1.82, 2.24) is 9.88 Å². The van der Waals surface area contributed by atoms with E-state index in [0.29, 0.717) is 0 Å². The number of nitrogens with zero attached hydrogens (tertiary/aromatic N) is 3. The Bertz CT molecular complexity index is 726. The quantitative estimate of drug-likeness (QED) is 0.942. The maximum absolute atomic E-state index is 11.1. The second kappa shape index (κ2) is 6.34. The molecule has 1 aromatic carbocycles. The van der Waals surface area contributed by atoms with Crippen molar-refractivity contribution in [3.05, 3.63) is 36.0 Å². The third-order valence-electron chi connectivity index (χ3n) is 5.46. The first-order chi connectivity index (χ1) is 11.6. The van der Waals surface area contributed by atoms with E-state index in [4.69, 9.17) is 0 Å². The van der Waals surface area contributed by atoms with Crippen LogP contribution in [0.25, 0.3) is 10.9 Å². The Kier molecular flexibility index (Phi) is 4.19. The molecule has 3 heterocycles. The molecule has 0 radical (unpaired) electrons. The number of piperidine rings is 1. The number of β-amino-alcohol motifs (C(OH)–C–C–N with tert-alkyl or cyclic N) is 1. The third kappa shape index (κ3) is 3.13. The molecule has 2 aliphatic heterocycles. The predicted octanol–water partition coefficient (Wildman–Crippen LogP) is 2.97. The molecular weight excluding hydrogens is 298 g/mol. The zero-order valence-corrected chi connectivity index (χ0v) is 14.5. The van der Waals surface area contributed by atoms with Gasteiger partial charge in [-0.2, -0.15) is 0 Å². The van der Waals surface area contributed by atoms with Gasteiger partial charge in [0, 0.05) is 36.4 Å². The van der Waals surface area contributed by atoms with E-state index in [1.165, 1.54) is 30.3 Å². The van der Waals surface area contributed by atoms with Crippen LogP contribution >= 0.6 is 0 Å². The number of benzene rings is 1. The number of aromatic nitrogens is 1. The minimum atomic E-state index is -0.588. The second-order valence-electron chi connectivity index (χ2n) is 7.53. The molecule has 0 amide bonds. The lowest BCUT2D eigenvalue weighted by atomic mass is 10.0. The molecule has 0 spiro atoms. The molecule has 2 aliphatic rings. The van der Waals surface area contributed by atoms with Crippen molar-refractivity contribution in [1.29, 1.82) is 0 Å². The molecule has 4 heteroatoms. The summed E-state index contributed by atoms with van der Waals surface area (Å²) in [5.74, 6) is 0. The molecule has 0 saturated carbocycles. The minimum Gasteiger partial charge on any atom is -0.387 e. The van der Waals surface area contributed by atoms with E-state index in [1.807, 2.05) is 13.0 Å². The van der Waals surface area contributed by atoms with Crippen molar-refractivity contribution in [2.24, 2.45) is 0 Å². The van der Waals surface area contributed by atoms with E-state index in [9.17, 15) is 5.11 Å². The van der Waals surface area contributed by atoms with E-state index in [2.05, 4.69) is 39.0 Å². The fourth-order valence-corrected chi connectivity index (χ4v) is 4.27. The van der Waals surface area contributed by atoms with Crippen LogP contribution in [-0.2, 0) is 0 Å². The van der Waals surface area contributed by atoms with E-state index in [-0.39, 0.29) is 0 Å². The number of fused-ring (bicyclic) bond motifs is 1. The van der Waals surface area contributed by atoms with Gasteiger partial charge in [0.1, 0.15) is 0 Å². The Balaban J connectivity index is 1.56. The van der Waals surface area contributed by atoms with Gasteiger partial charge in [0.25, 0.3) is 0 Å². The first-order valence-electron chi connectivity index (χ1n) is 9.19. The Morgan fingerprint density at radius 1 is 1.12 bits per heavy atom. The SMILES string of the molecule is Cc1cc(N2CC[C@](O)(CN3CCCCC3)C2)c2ccccc2n1. The summed E-state index contributed by atoms with van der Waals surface area (Å²) in [6.07, 6.45) is 4.73. The maximum atomic E-state index is 11.1. The standard InChI is InChI=1S/C20H27N3O/c1-16-13-19(17-7-3-4-8-18(17)21-16)23-12-9-20(24,15-23)14-22-10-5-2-6-11-22/h3-4,7-8,13,24H,2,5-6,9-12,14-15H2,1H3/t20-/m0/s1. The summed E-state index contributed by atoms with van der Waals surface area (Å²) in [5.41, 5.74) is 2.71. The Morgan fingerprint density at radius 2 is 1.92 bits per heavy atom. The summed E-state index contributed by atoms with van der Waals surface area (Å²) in [6.45, 7) is 6.77. The van der Waals surface area contributed by atoms with Crippen molar-refractivity contribution < 1.29 is 5.11 Å². The van der Waals surface area contributed by atoms with E-state index >= 15 is 0 Å². The molecule has 0 unspecified atom stereocenters. The minimum absolute atomic E-state index is 0.588. The van der Waals surface area contributed by atoms with Crippen LogP contribution in [0.3, 0.4) is 0 Å². The second-order valence-corrected chi connectivity index (χ2v) is 7.53. The van der Waals surface area contributed by atoms with Crippen LogP contribution in [0.4, 0.5) is 5.69 Å². The van der Waals surface area contributed by atoms with Gasteiger partial charge < -0.3 is 14.9 Å². The predicted molar refractivity (Wildman–Crippen MR) is 98.6 cm³/mol. The van der Waals surface area contributed by atoms with Crippen LogP contribution in [0.2, 0.25) is 0 Å². The van der Waals surface area contributed by atoms with Crippen molar-refractivity contribution in [3.8, 4) is 0 Å². The van der Waals surface area contributed by atoms with Gasteiger partial charge in [-0.15, -0.1) is 0 Å². The summed E-state index contributed by atoms with van der Waals surface area (Å²) >= 11 is 0. The average Bonchev–Trinajstić information content (AvgIpc) is 2.96. The Hall–Kier alpha value is -1.65. The van der Waals surface area contributed by atoms with Crippen molar-refractivity contribution in [2.75, 3.05) is 37.6 Å². The molecule has 4 rings (SSSR count).